The van der Waals surface area contributed by atoms with Crippen LogP contribution in [0, 0.1) is 0 Å². The molecule has 1 unspecified atom stereocenters. The Kier molecular flexibility index (Phi) is 9.45. The first-order valence-electron chi connectivity index (χ1n) is 8.52. The second-order valence-electron chi connectivity index (χ2n) is 6.12. The molecule has 0 bridgehead atoms. The van der Waals surface area contributed by atoms with Crippen molar-refractivity contribution in [2.75, 3.05) is 10.6 Å². The smallest absolute Gasteiger partial charge is 0.255 e. The number of hydrogen-bond donors (Lipinski definition) is 3. The molecule has 3 rings (SSSR count). The van der Waals surface area contributed by atoms with Crippen LogP contribution in [0.15, 0.2) is 73.1 Å². The van der Waals surface area contributed by atoms with E-state index >= 15 is 0 Å². The SMILES string of the molecule is CC(N)c1ccc(C(=O)Nc2ccncc2)cc1NCc1ccccc1.Cl.Cl. The summed E-state index contributed by atoms with van der Waals surface area (Å²) in [7, 11) is 0. The summed E-state index contributed by atoms with van der Waals surface area (Å²) < 4.78 is 0. The highest BCUT2D eigenvalue weighted by Gasteiger charge is 2.12. The quantitative estimate of drug-likeness (QED) is 0.536. The first-order valence-corrected chi connectivity index (χ1v) is 8.52. The van der Waals surface area contributed by atoms with Crippen LogP contribution >= 0.6 is 24.8 Å². The molecule has 148 valence electrons. The van der Waals surface area contributed by atoms with E-state index < -0.39 is 0 Å². The normalized spacial score (nSPS) is 10.8. The molecule has 1 heterocycles. The predicted octanol–water partition coefficient (Wildman–Crippen LogP) is 4.81. The lowest BCUT2D eigenvalue weighted by Gasteiger charge is -2.16. The number of rotatable bonds is 6. The van der Waals surface area contributed by atoms with Gasteiger partial charge in [0.25, 0.3) is 5.91 Å². The average Bonchev–Trinajstić information content (AvgIpc) is 2.67. The summed E-state index contributed by atoms with van der Waals surface area (Å²) >= 11 is 0. The van der Waals surface area contributed by atoms with Gasteiger partial charge in [0.2, 0.25) is 0 Å². The highest BCUT2D eigenvalue weighted by molar-refractivity contribution is 6.04. The van der Waals surface area contributed by atoms with Crippen LogP contribution in [0.2, 0.25) is 0 Å². The number of carbonyl (C=O) groups is 1. The molecule has 0 saturated carbocycles. The van der Waals surface area contributed by atoms with Crippen LogP contribution in [0.4, 0.5) is 11.4 Å². The minimum atomic E-state index is -0.171. The van der Waals surface area contributed by atoms with Crippen molar-refractivity contribution < 1.29 is 4.79 Å². The molecular weight excluding hydrogens is 395 g/mol. The van der Waals surface area contributed by atoms with E-state index in [-0.39, 0.29) is 36.8 Å². The fourth-order valence-electron chi connectivity index (χ4n) is 2.68. The number of aromatic nitrogens is 1. The molecule has 1 amide bonds. The standard InChI is InChI=1S/C21H22N4O.2ClH/c1-15(22)19-8-7-17(21(26)25-18-9-11-23-12-10-18)13-20(19)24-14-16-5-3-2-4-6-16;;/h2-13,15,24H,14,22H2,1H3,(H,23,25,26);2*1H. The van der Waals surface area contributed by atoms with Gasteiger partial charge in [0, 0.05) is 41.9 Å². The van der Waals surface area contributed by atoms with Crippen LogP contribution in [0.5, 0.6) is 0 Å². The number of nitrogens with two attached hydrogens (primary N) is 1. The number of carbonyl (C=O) groups excluding carboxylic acids is 1. The largest absolute Gasteiger partial charge is 0.381 e. The number of nitrogens with zero attached hydrogens (tertiary/aromatic N) is 1. The van der Waals surface area contributed by atoms with E-state index in [0.717, 1.165) is 16.8 Å². The maximum Gasteiger partial charge on any atom is 0.255 e. The van der Waals surface area contributed by atoms with Gasteiger partial charge in [0.15, 0.2) is 0 Å². The summed E-state index contributed by atoms with van der Waals surface area (Å²) in [6.45, 7) is 2.59. The van der Waals surface area contributed by atoms with E-state index in [1.54, 1.807) is 30.6 Å². The third-order valence-corrected chi connectivity index (χ3v) is 4.07. The number of anilines is 2. The van der Waals surface area contributed by atoms with Crippen LogP contribution in [0.1, 0.15) is 34.5 Å². The molecule has 0 aliphatic carbocycles. The molecule has 28 heavy (non-hydrogen) atoms. The molecule has 4 N–H and O–H groups in total. The van der Waals surface area contributed by atoms with Gasteiger partial charge >= 0.3 is 0 Å². The van der Waals surface area contributed by atoms with Crippen molar-refractivity contribution in [3.8, 4) is 0 Å². The molecular formula is C21H24Cl2N4O. The van der Waals surface area contributed by atoms with Crippen molar-refractivity contribution in [2.45, 2.75) is 19.5 Å². The number of nitrogens with one attached hydrogen (secondary N) is 2. The van der Waals surface area contributed by atoms with Crippen molar-refractivity contribution in [2.24, 2.45) is 5.73 Å². The van der Waals surface area contributed by atoms with E-state index in [9.17, 15) is 4.79 Å². The van der Waals surface area contributed by atoms with Gasteiger partial charge in [-0.05, 0) is 42.3 Å². The Labute approximate surface area is 177 Å². The monoisotopic (exact) mass is 418 g/mol. The van der Waals surface area contributed by atoms with Gasteiger partial charge in [0.1, 0.15) is 0 Å². The van der Waals surface area contributed by atoms with Gasteiger partial charge in [0.05, 0.1) is 0 Å². The first kappa shape index (κ1) is 23.4. The zero-order valence-corrected chi connectivity index (χ0v) is 17.1. The molecule has 1 atom stereocenters. The number of hydrogen-bond acceptors (Lipinski definition) is 4. The number of benzene rings is 2. The molecule has 0 aliphatic rings. The van der Waals surface area contributed by atoms with E-state index in [4.69, 9.17) is 5.73 Å². The van der Waals surface area contributed by atoms with E-state index in [2.05, 4.69) is 27.8 Å². The number of amides is 1. The molecule has 0 aliphatic heterocycles. The summed E-state index contributed by atoms with van der Waals surface area (Å²) in [6, 6.07) is 19.0. The van der Waals surface area contributed by atoms with Crippen LogP contribution in [-0.4, -0.2) is 10.9 Å². The van der Waals surface area contributed by atoms with Gasteiger partial charge in [-0.2, -0.15) is 0 Å². The minimum Gasteiger partial charge on any atom is -0.381 e. The molecule has 0 spiro atoms. The predicted molar refractivity (Wildman–Crippen MR) is 119 cm³/mol. The number of pyridine rings is 1. The second kappa shape index (κ2) is 11.3. The Balaban J connectivity index is 0.00000196. The fraction of sp³-hybridized carbons (Fsp3) is 0.143. The zero-order chi connectivity index (χ0) is 18.4. The van der Waals surface area contributed by atoms with Crippen LogP contribution in [0.3, 0.4) is 0 Å². The van der Waals surface area contributed by atoms with Gasteiger partial charge in [-0.15, -0.1) is 24.8 Å². The van der Waals surface area contributed by atoms with Crippen molar-refractivity contribution in [3.63, 3.8) is 0 Å². The minimum absolute atomic E-state index is 0. The highest BCUT2D eigenvalue weighted by Crippen LogP contribution is 2.24. The molecule has 3 aromatic rings. The van der Waals surface area contributed by atoms with Gasteiger partial charge in [-0.1, -0.05) is 36.4 Å². The molecule has 0 radical (unpaired) electrons. The third-order valence-electron chi connectivity index (χ3n) is 4.07. The summed E-state index contributed by atoms with van der Waals surface area (Å²) in [5.41, 5.74) is 10.4. The van der Waals surface area contributed by atoms with Gasteiger partial charge in [-0.25, -0.2) is 0 Å². The molecule has 0 fully saturated rings. The van der Waals surface area contributed by atoms with Gasteiger partial charge in [-0.3, -0.25) is 9.78 Å². The number of halogens is 2. The summed E-state index contributed by atoms with van der Waals surface area (Å²) in [5.74, 6) is -0.171. The molecule has 2 aromatic carbocycles. The Morgan fingerprint density at radius 1 is 1.04 bits per heavy atom. The Hall–Kier alpha value is -2.60. The summed E-state index contributed by atoms with van der Waals surface area (Å²) in [4.78, 5) is 16.5. The van der Waals surface area contributed by atoms with E-state index in [0.29, 0.717) is 17.8 Å². The Morgan fingerprint density at radius 2 is 1.71 bits per heavy atom. The van der Waals surface area contributed by atoms with Crippen molar-refractivity contribution >= 4 is 42.1 Å². The summed E-state index contributed by atoms with van der Waals surface area (Å²) in [5, 5.41) is 6.27. The van der Waals surface area contributed by atoms with Crippen molar-refractivity contribution in [3.05, 3.63) is 89.7 Å². The first-order chi connectivity index (χ1) is 12.6. The van der Waals surface area contributed by atoms with E-state index in [1.807, 2.05) is 37.3 Å². The lowest BCUT2D eigenvalue weighted by atomic mass is 10.0. The molecule has 0 saturated heterocycles. The molecule has 7 heteroatoms. The van der Waals surface area contributed by atoms with Crippen LogP contribution in [-0.2, 0) is 6.54 Å². The van der Waals surface area contributed by atoms with Crippen molar-refractivity contribution in [1.82, 2.24) is 4.98 Å². The van der Waals surface area contributed by atoms with Crippen LogP contribution in [0.25, 0.3) is 0 Å². The van der Waals surface area contributed by atoms with Gasteiger partial charge < -0.3 is 16.4 Å². The zero-order valence-electron chi connectivity index (χ0n) is 15.5. The topological polar surface area (TPSA) is 80.0 Å². The molecule has 1 aromatic heterocycles. The fourth-order valence-corrected chi connectivity index (χ4v) is 2.68. The maximum atomic E-state index is 12.5. The Morgan fingerprint density at radius 3 is 2.36 bits per heavy atom. The second-order valence-corrected chi connectivity index (χ2v) is 6.12. The van der Waals surface area contributed by atoms with Crippen molar-refractivity contribution in [1.29, 1.82) is 0 Å². The molecule has 5 nitrogen and oxygen atoms in total. The lowest BCUT2D eigenvalue weighted by molar-refractivity contribution is 0.102. The van der Waals surface area contributed by atoms with Crippen LogP contribution < -0.4 is 16.4 Å². The lowest BCUT2D eigenvalue weighted by Crippen LogP contribution is -2.15. The summed E-state index contributed by atoms with van der Waals surface area (Å²) in [6.07, 6.45) is 3.28. The van der Waals surface area contributed by atoms with E-state index in [1.165, 1.54) is 0 Å². The third kappa shape index (κ3) is 6.23. The Bertz CT molecular complexity index is 874. The maximum absolute atomic E-state index is 12.5. The highest BCUT2D eigenvalue weighted by atomic mass is 35.5. The average molecular weight is 419 g/mol.